The maximum absolute atomic E-state index is 11.8. The number of rotatable bonds is 7. The Morgan fingerprint density at radius 2 is 1.95 bits per heavy atom. The zero-order valence-electron chi connectivity index (χ0n) is 12.5. The fourth-order valence-corrected chi connectivity index (χ4v) is 1.79. The molecule has 0 heterocycles. The van der Waals surface area contributed by atoms with Crippen molar-refractivity contribution in [2.75, 3.05) is 13.7 Å². The van der Waals surface area contributed by atoms with E-state index >= 15 is 0 Å². The quantitative estimate of drug-likeness (QED) is 0.744. The Hall–Kier alpha value is -2.24. The predicted molar refractivity (Wildman–Crippen MR) is 77.0 cm³/mol. The van der Waals surface area contributed by atoms with Crippen LogP contribution >= 0.6 is 0 Å². The van der Waals surface area contributed by atoms with E-state index in [2.05, 4.69) is 10.1 Å². The van der Waals surface area contributed by atoms with E-state index in [-0.39, 0.29) is 24.0 Å². The molecule has 0 saturated carbocycles. The molecule has 2 N–H and O–H groups in total. The van der Waals surface area contributed by atoms with Crippen molar-refractivity contribution >= 4 is 11.9 Å². The smallest absolute Gasteiger partial charge is 0.328 e. The Kier molecular flexibility index (Phi) is 6.52. The molecule has 1 aromatic rings. The van der Waals surface area contributed by atoms with Gasteiger partial charge in [0.05, 0.1) is 7.11 Å². The number of benzene rings is 1. The fourth-order valence-electron chi connectivity index (χ4n) is 1.79. The van der Waals surface area contributed by atoms with Gasteiger partial charge in [0.1, 0.15) is 6.04 Å². The van der Waals surface area contributed by atoms with Gasteiger partial charge >= 0.3 is 5.97 Å². The van der Waals surface area contributed by atoms with Crippen LogP contribution in [-0.2, 0) is 14.3 Å². The summed E-state index contributed by atoms with van der Waals surface area (Å²) < 4.78 is 9.87. The van der Waals surface area contributed by atoms with Crippen LogP contribution in [0.1, 0.15) is 20.3 Å². The number of carbonyl (C=O) groups excluding carboxylic acids is 2. The van der Waals surface area contributed by atoms with Crippen LogP contribution in [0.15, 0.2) is 24.3 Å². The van der Waals surface area contributed by atoms with Gasteiger partial charge in [0.25, 0.3) is 5.91 Å². The number of amides is 1. The molecule has 21 heavy (non-hydrogen) atoms. The molecule has 1 aromatic carbocycles. The molecule has 0 fully saturated rings. The highest BCUT2D eigenvalue weighted by Gasteiger charge is 2.22. The van der Waals surface area contributed by atoms with Crippen molar-refractivity contribution in [2.45, 2.75) is 26.3 Å². The number of phenols is 1. The Balaban J connectivity index is 2.54. The van der Waals surface area contributed by atoms with Gasteiger partial charge in [-0.1, -0.05) is 26.0 Å². The summed E-state index contributed by atoms with van der Waals surface area (Å²) in [5.74, 6) is -0.537. The standard InChI is InChI=1S/C15H21NO5/c1-10(2)8-11(15(19)20-3)16-14(18)9-21-13-7-5-4-6-12(13)17/h4-7,10-11,17H,8-9H2,1-3H3,(H,16,18). The Morgan fingerprint density at radius 3 is 2.52 bits per heavy atom. The normalized spacial score (nSPS) is 11.8. The molecule has 116 valence electrons. The molecule has 0 aliphatic rings. The lowest BCUT2D eigenvalue weighted by atomic mass is 10.0. The summed E-state index contributed by atoms with van der Waals surface area (Å²) in [6.07, 6.45) is 0.481. The molecule has 1 atom stereocenters. The minimum Gasteiger partial charge on any atom is -0.504 e. The SMILES string of the molecule is COC(=O)C(CC(C)C)NC(=O)COc1ccccc1O. The van der Waals surface area contributed by atoms with Gasteiger partial charge in [-0.2, -0.15) is 0 Å². The second-order valence-corrected chi connectivity index (χ2v) is 5.03. The summed E-state index contributed by atoms with van der Waals surface area (Å²) >= 11 is 0. The number of hydrogen-bond donors (Lipinski definition) is 2. The Bertz CT molecular complexity index is 487. The van der Waals surface area contributed by atoms with Crippen molar-refractivity contribution in [2.24, 2.45) is 5.92 Å². The number of ether oxygens (including phenoxy) is 2. The third kappa shape index (κ3) is 5.72. The average Bonchev–Trinajstić information content (AvgIpc) is 2.44. The molecule has 0 spiro atoms. The maximum atomic E-state index is 11.8. The Labute approximate surface area is 124 Å². The summed E-state index contributed by atoms with van der Waals surface area (Å²) in [6, 6.07) is 5.65. The number of carbonyl (C=O) groups is 2. The highest BCUT2D eigenvalue weighted by atomic mass is 16.5. The number of hydrogen-bond acceptors (Lipinski definition) is 5. The highest BCUT2D eigenvalue weighted by molar-refractivity contribution is 5.85. The molecule has 1 amide bonds. The van der Waals surface area contributed by atoms with Gasteiger partial charge < -0.3 is 19.9 Å². The van der Waals surface area contributed by atoms with Gasteiger partial charge in [0, 0.05) is 0 Å². The van der Waals surface area contributed by atoms with Gasteiger partial charge in [-0.15, -0.1) is 0 Å². The van der Waals surface area contributed by atoms with E-state index in [1.165, 1.54) is 13.2 Å². The number of para-hydroxylation sites is 2. The first-order valence-electron chi connectivity index (χ1n) is 6.72. The van der Waals surface area contributed by atoms with Crippen LogP contribution < -0.4 is 10.1 Å². The van der Waals surface area contributed by atoms with E-state index in [1.807, 2.05) is 13.8 Å². The zero-order chi connectivity index (χ0) is 15.8. The second-order valence-electron chi connectivity index (χ2n) is 5.03. The van der Waals surface area contributed by atoms with Crippen molar-refractivity contribution in [1.29, 1.82) is 0 Å². The molecule has 0 aliphatic heterocycles. The van der Waals surface area contributed by atoms with Gasteiger partial charge in [0.2, 0.25) is 0 Å². The number of nitrogens with one attached hydrogen (secondary N) is 1. The zero-order valence-corrected chi connectivity index (χ0v) is 12.5. The number of methoxy groups -OCH3 is 1. The van der Waals surface area contributed by atoms with Gasteiger partial charge in [-0.05, 0) is 24.5 Å². The van der Waals surface area contributed by atoms with Crippen molar-refractivity contribution in [3.63, 3.8) is 0 Å². The van der Waals surface area contributed by atoms with E-state index in [0.717, 1.165) is 0 Å². The van der Waals surface area contributed by atoms with Crippen LogP contribution in [0.3, 0.4) is 0 Å². The molecule has 1 unspecified atom stereocenters. The van der Waals surface area contributed by atoms with E-state index in [0.29, 0.717) is 6.42 Å². The summed E-state index contributed by atoms with van der Waals surface area (Å²) in [5, 5.41) is 12.1. The first kappa shape index (κ1) is 16.8. The molecular formula is C15H21NO5. The van der Waals surface area contributed by atoms with Gasteiger partial charge in [-0.3, -0.25) is 4.79 Å². The first-order chi connectivity index (χ1) is 9.93. The number of phenolic OH excluding ortho intramolecular Hbond substituents is 1. The lowest BCUT2D eigenvalue weighted by Gasteiger charge is -2.18. The van der Waals surface area contributed by atoms with Crippen LogP contribution in [0.5, 0.6) is 11.5 Å². The Morgan fingerprint density at radius 1 is 1.29 bits per heavy atom. The highest BCUT2D eigenvalue weighted by Crippen LogP contribution is 2.24. The van der Waals surface area contributed by atoms with E-state index in [9.17, 15) is 14.7 Å². The summed E-state index contributed by atoms with van der Waals surface area (Å²) in [5.41, 5.74) is 0. The monoisotopic (exact) mass is 295 g/mol. The van der Waals surface area contributed by atoms with E-state index < -0.39 is 17.9 Å². The van der Waals surface area contributed by atoms with E-state index in [4.69, 9.17) is 4.74 Å². The third-order valence-electron chi connectivity index (χ3n) is 2.75. The first-order valence-corrected chi connectivity index (χ1v) is 6.72. The fraction of sp³-hybridized carbons (Fsp3) is 0.467. The molecule has 0 bridgehead atoms. The molecule has 0 aliphatic carbocycles. The van der Waals surface area contributed by atoms with Crippen molar-refractivity contribution in [1.82, 2.24) is 5.32 Å². The molecule has 0 aromatic heterocycles. The summed E-state index contributed by atoms with van der Waals surface area (Å²) in [7, 11) is 1.28. The van der Waals surface area contributed by atoms with Crippen LogP contribution in [0, 0.1) is 5.92 Å². The molecule has 1 rings (SSSR count). The van der Waals surface area contributed by atoms with Crippen molar-refractivity contribution in [3.8, 4) is 11.5 Å². The van der Waals surface area contributed by atoms with Crippen LogP contribution in [-0.4, -0.2) is 36.7 Å². The molecule has 6 heteroatoms. The van der Waals surface area contributed by atoms with Crippen LogP contribution in [0.25, 0.3) is 0 Å². The van der Waals surface area contributed by atoms with E-state index in [1.54, 1.807) is 18.2 Å². The largest absolute Gasteiger partial charge is 0.504 e. The van der Waals surface area contributed by atoms with Gasteiger partial charge in [-0.25, -0.2) is 4.79 Å². The molecule has 0 radical (unpaired) electrons. The lowest BCUT2D eigenvalue weighted by Crippen LogP contribution is -2.44. The minimum absolute atomic E-state index is 0.0444. The predicted octanol–water partition coefficient (Wildman–Crippen LogP) is 1.47. The maximum Gasteiger partial charge on any atom is 0.328 e. The molecular weight excluding hydrogens is 274 g/mol. The van der Waals surface area contributed by atoms with Crippen molar-refractivity contribution < 1.29 is 24.2 Å². The summed E-state index contributed by atoms with van der Waals surface area (Å²) in [6.45, 7) is 3.60. The lowest BCUT2D eigenvalue weighted by molar-refractivity contribution is -0.145. The number of aromatic hydroxyl groups is 1. The second kappa shape index (κ2) is 8.14. The minimum atomic E-state index is -0.699. The van der Waals surface area contributed by atoms with Crippen LogP contribution in [0.2, 0.25) is 0 Å². The third-order valence-corrected chi connectivity index (χ3v) is 2.75. The number of esters is 1. The van der Waals surface area contributed by atoms with Crippen molar-refractivity contribution in [3.05, 3.63) is 24.3 Å². The molecule has 6 nitrogen and oxygen atoms in total. The van der Waals surface area contributed by atoms with Gasteiger partial charge in [0.15, 0.2) is 18.1 Å². The molecule has 0 saturated heterocycles. The average molecular weight is 295 g/mol. The topological polar surface area (TPSA) is 84.9 Å². The summed E-state index contributed by atoms with van der Waals surface area (Å²) in [4.78, 5) is 23.4. The van der Waals surface area contributed by atoms with Crippen LogP contribution in [0.4, 0.5) is 0 Å².